The van der Waals surface area contributed by atoms with Gasteiger partial charge in [0.1, 0.15) is 0 Å². The summed E-state index contributed by atoms with van der Waals surface area (Å²) >= 11 is 0. The number of piperazine rings is 1. The molecule has 2 aliphatic heterocycles. The maximum Gasteiger partial charge on any atom is 0.236 e. The number of rotatable bonds is 4. The van der Waals surface area contributed by atoms with Gasteiger partial charge in [0.2, 0.25) is 11.9 Å². The van der Waals surface area contributed by atoms with Gasteiger partial charge in [0.15, 0.2) is 0 Å². The van der Waals surface area contributed by atoms with Crippen LogP contribution in [0.1, 0.15) is 23.9 Å². The maximum absolute atomic E-state index is 12.7. The number of likely N-dealkylation sites (tertiary alicyclic amines) is 1. The van der Waals surface area contributed by atoms with Crippen LogP contribution in [0, 0.1) is 13.8 Å². The highest BCUT2D eigenvalue weighted by atomic mass is 16.2. The molecule has 2 fully saturated rings. The van der Waals surface area contributed by atoms with Crippen LogP contribution in [0.3, 0.4) is 0 Å². The fourth-order valence-electron chi connectivity index (χ4n) is 4.04. The second kappa shape index (κ2) is 7.64. The standard InChI is InChI=1S/C19H27N7O/c1-15-12-16(2)26(22-15)17-4-7-25(13-17)18(27)14-23-8-10-24(11-9-23)19-20-5-3-6-21-19/h3,5-6,12,17H,4,7-11,13-14H2,1-2H3. The fraction of sp³-hybridized carbons (Fsp3) is 0.579. The Labute approximate surface area is 159 Å². The molecular weight excluding hydrogens is 342 g/mol. The van der Waals surface area contributed by atoms with Crippen molar-refractivity contribution in [1.82, 2.24) is 29.5 Å². The van der Waals surface area contributed by atoms with Crippen molar-refractivity contribution >= 4 is 11.9 Å². The van der Waals surface area contributed by atoms with E-state index in [1.165, 1.54) is 5.69 Å². The molecule has 0 N–H and O–H groups in total. The lowest BCUT2D eigenvalue weighted by Crippen LogP contribution is -2.50. The molecule has 0 saturated carbocycles. The Morgan fingerprint density at radius 2 is 1.85 bits per heavy atom. The summed E-state index contributed by atoms with van der Waals surface area (Å²) in [5.74, 6) is 0.999. The van der Waals surface area contributed by atoms with Crippen LogP contribution >= 0.6 is 0 Å². The normalized spacial score (nSPS) is 21.0. The van der Waals surface area contributed by atoms with Gasteiger partial charge >= 0.3 is 0 Å². The van der Waals surface area contributed by atoms with E-state index in [2.05, 4.69) is 42.5 Å². The van der Waals surface area contributed by atoms with E-state index in [0.29, 0.717) is 12.6 Å². The summed E-state index contributed by atoms with van der Waals surface area (Å²) in [5.41, 5.74) is 2.21. The highest BCUT2D eigenvalue weighted by Crippen LogP contribution is 2.23. The smallest absolute Gasteiger partial charge is 0.236 e. The van der Waals surface area contributed by atoms with Gasteiger partial charge in [0.25, 0.3) is 0 Å². The van der Waals surface area contributed by atoms with Crippen molar-refractivity contribution < 1.29 is 4.79 Å². The lowest BCUT2D eigenvalue weighted by Gasteiger charge is -2.34. The average molecular weight is 369 g/mol. The van der Waals surface area contributed by atoms with E-state index in [-0.39, 0.29) is 5.91 Å². The van der Waals surface area contributed by atoms with Crippen molar-refractivity contribution in [2.45, 2.75) is 26.3 Å². The minimum atomic E-state index is 0.225. The van der Waals surface area contributed by atoms with Gasteiger partial charge in [-0.25, -0.2) is 9.97 Å². The Morgan fingerprint density at radius 1 is 1.11 bits per heavy atom. The number of nitrogens with zero attached hydrogens (tertiary/aromatic N) is 7. The third-order valence-corrected chi connectivity index (χ3v) is 5.47. The Balaban J connectivity index is 1.27. The molecule has 1 amide bonds. The minimum absolute atomic E-state index is 0.225. The maximum atomic E-state index is 12.7. The van der Waals surface area contributed by atoms with Crippen molar-refractivity contribution in [3.63, 3.8) is 0 Å². The topological polar surface area (TPSA) is 70.4 Å². The largest absolute Gasteiger partial charge is 0.339 e. The molecule has 4 rings (SSSR count). The second-order valence-corrected chi connectivity index (χ2v) is 7.47. The van der Waals surface area contributed by atoms with E-state index in [1.807, 2.05) is 17.9 Å². The molecule has 2 saturated heterocycles. The Bertz CT molecular complexity index is 783. The molecule has 0 bridgehead atoms. The molecule has 2 aromatic heterocycles. The molecule has 27 heavy (non-hydrogen) atoms. The zero-order valence-corrected chi connectivity index (χ0v) is 16.1. The molecule has 144 valence electrons. The number of aromatic nitrogens is 4. The highest BCUT2D eigenvalue weighted by molar-refractivity contribution is 5.78. The summed E-state index contributed by atoms with van der Waals surface area (Å²) in [4.78, 5) is 27.8. The lowest BCUT2D eigenvalue weighted by atomic mass is 10.2. The van der Waals surface area contributed by atoms with Gasteiger partial charge in [-0.05, 0) is 32.4 Å². The molecule has 1 atom stereocenters. The molecule has 1 unspecified atom stereocenters. The monoisotopic (exact) mass is 369 g/mol. The van der Waals surface area contributed by atoms with E-state index in [0.717, 1.165) is 57.3 Å². The zero-order valence-electron chi connectivity index (χ0n) is 16.1. The molecule has 4 heterocycles. The van der Waals surface area contributed by atoms with Gasteiger partial charge in [-0.3, -0.25) is 14.4 Å². The van der Waals surface area contributed by atoms with Gasteiger partial charge in [0, 0.05) is 57.4 Å². The second-order valence-electron chi connectivity index (χ2n) is 7.47. The first-order valence-corrected chi connectivity index (χ1v) is 9.65. The summed E-state index contributed by atoms with van der Waals surface area (Å²) in [6.07, 6.45) is 4.52. The van der Waals surface area contributed by atoms with Gasteiger partial charge in [-0.1, -0.05) is 0 Å². The first kappa shape index (κ1) is 17.9. The van der Waals surface area contributed by atoms with Gasteiger partial charge in [-0.2, -0.15) is 5.10 Å². The number of carbonyl (C=O) groups is 1. The summed E-state index contributed by atoms with van der Waals surface area (Å²) in [6, 6.07) is 4.23. The van der Waals surface area contributed by atoms with E-state index in [9.17, 15) is 4.79 Å². The van der Waals surface area contributed by atoms with E-state index < -0.39 is 0 Å². The average Bonchev–Trinajstić information content (AvgIpc) is 3.29. The molecule has 2 aliphatic rings. The van der Waals surface area contributed by atoms with Crippen LogP contribution < -0.4 is 4.90 Å². The molecule has 0 aromatic carbocycles. The van der Waals surface area contributed by atoms with Gasteiger partial charge in [0.05, 0.1) is 18.3 Å². The number of aryl methyl sites for hydroxylation is 2. The van der Waals surface area contributed by atoms with Gasteiger partial charge in [-0.15, -0.1) is 0 Å². The van der Waals surface area contributed by atoms with Crippen molar-refractivity contribution in [3.8, 4) is 0 Å². The molecule has 8 nitrogen and oxygen atoms in total. The first-order chi connectivity index (χ1) is 13.1. The summed E-state index contributed by atoms with van der Waals surface area (Å²) < 4.78 is 2.08. The fourth-order valence-corrected chi connectivity index (χ4v) is 4.04. The number of anilines is 1. The van der Waals surface area contributed by atoms with Crippen molar-refractivity contribution in [2.75, 3.05) is 50.7 Å². The van der Waals surface area contributed by atoms with E-state index in [1.54, 1.807) is 12.4 Å². The minimum Gasteiger partial charge on any atom is -0.339 e. The SMILES string of the molecule is Cc1cc(C)n(C2CCN(C(=O)CN3CCN(c4ncccn4)CC3)C2)n1. The number of carbonyl (C=O) groups excluding carboxylic acids is 1. The van der Waals surface area contributed by atoms with Crippen molar-refractivity contribution in [2.24, 2.45) is 0 Å². The quantitative estimate of drug-likeness (QED) is 0.797. The van der Waals surface area contributed by atoms with Crippen molar-refractivity contribution in [1.29, 1.82) is 0 Å². The molecule has 0 spiro atoms. The third-order valence-electron chi connectivity index (χ3n) is 5.47. The van der Waals surface area contributed by atoms with Gasteiger partial charge < -0.3 is 9.80 Å². The molecular formula is C19H27N7O. The predicted octanol–water partition coefficient (Wildman–Crippen LogP) is 0.886. The Kier molecular flexibility index (Phi) is 5.07. The summed E-state index contributed by atoms with van der Waals surface area (Å²) in [5, 5.41) is 4.59. The molecule has 8 heteroatoms. The number of hydrogen-bond acceptors (Lipinski definition) is 6. The Hall–Kier alpha value is -2.48. The van der Waals surface area contributed by atoms with Crippen molar-refractivity contribution in [3.05, 3.63) is 35.9 Å². The molecule has 0 aliphatic carbocycles. The highest BCUT2D eigenvalue weighted by Gasteiger charge is 2.30. The van der Waals surface area contributed by atoms with Crippen LogP contribution in [0.5, 0.6) is 0 Å². The molecule has 0 radical (unpaired) electrons. The summed E-state index contributed by atoms with van der Waals surface area (Å²) in [6.45, 7) is 9.60. The first-order valence-electron chi connectivity index (χ1n) is 9.65. The number of amides is 1. The van der Waals surface area contributed by atoms with Crippen LogP contribution in [0.2, 0.25) is 0 Å². The van der Waals surface area contributed by atoms with Crippen LogP contribution in [-0.2, 0) is 4.79 Å². The van der Waals surface area contributed by atoms with E-state index >= 15 is 0 Å². The van der Waals surface area contributed by atoms with Crippen LogP contribution in [0.15, 0.2) is 24.5 Å². The van der Waals surface area contributed by atoms with Crippen LogP contribution in [0.4, 0.5) is 5.95 Å². The number of hydrogen-bond donors (Lipinski definition) is 0. The predicted molar refractivity (Wildman–Crippen MR) is 103 cm³/mol. The third kappa shape index (κ3) is 3.95. The van der Waals surface area contributed by atoms with E-state index in [4.69, 9.17) is 0 Å². The molecule has 2 aromatic rings. The zero-order chi connectivity index (χ0) is 18.8. The summed E-state index contributed by atoms with van der Waals surface area (Å²) in [7, 11) is 0. The Morgan fingerprint density at radius 3 is 2.52 bits per heavy atom. The lowest BCUT2D eigenvalue weighted by molar-refractivity contribution is -0.131. The van der Waals surface area contributed by atoms with Crippen LogP contribution in [-0.4, -0.2) is 81.3 Å². The van der Waals surface area contributed by atoms with Crippen LogP contribution in [0.25, 0.3) is 0 Å².